The van der Waals surface area contributed by atoms with Gasteiger partial charge in [-0.05, 0) is 68.9 Å². The van der Waals surface area contributed by atoms with Crippen LogP contribution in [-0.4, -0.2) is 76.2 Å². The zero-order valence-electron chi connectivity index (χ0n) is 23.4. The fourth-order valence-corrected chi connectivity index (χ4v) is 6.45. The van der Waals surface area contributed by atoms with Gasteiger partial charge >= 0.3 is 12.2 Å². The van der Waals surface area contributed by atoms with Crippen LogP contribution in [-0.2, 0) is 11.0 Å². The second kappa shape index (κ2) is 11.4. The van der Waals surface area contributed by atoms with E-state index in [4.69, 9.17) is 0 Å². The maximum Gasteiger partial charge on any atom is 0.416 e. The molecular weight excluding hydrogens is 523 g/mol. The molecule has 0 radical (unpaired) electrons. The number of carbonyl (C=O) groups excluding carboxylic acids is 2. The van der Waals surface area contributed by atoms with Gasteiger partial charge in [-0.15, -0.1) is 0 Å². The van der Waals surface area contributed by atoms with Gasteiger partial charge in [0, 0.05) is 33.4 Å². The van der Waals surface area contributed by atoms with Crippen LogP contribution in [0.2, 0.25) is 0 Å². The Morgan fingerprint density at radius 2 is 1.75 bits per heavy atom. The van der Waals surface area contributed by atoms with Crippen molar-refractivity contribution in [2.75, 3.05) is 33.4 Å². The molecule has 10 heteroatoms. The largest absolute Gasteiger partial charge is 0.416 e. The van der Waals surface area contributed by atoms with E-state index in [-0.39, 0.29) is 50.6 Å². The van der Waals surface area contributed by atoms with Gasteiger partial charge in [0.15, 0.2) is 0 Å². The summed E-state index contributed by atoms with van der Waals surface area (Å²) in [5, 5.41) is 19.5. The van der Waals surface area contributed by atoms with E-state index >= 15 is 0 Å². The maximum absolute atomic E-state index is 14.1. The smallest absolute Gasteiger partial charge is 0.396 e. The van der Waals surface area contributed by atoms with E-state index in [1.165, 1.54) is 4.90 Å². The molecular formula is C30H38F3N3O4. The number of aliphatic hydroxyl groups excluding tert-OH is 2. The molecule has 3 amide bonds. The Hall–Kier alpha value is -3.11. The van der Waals surface area contributed by atoms with Gasteiger partial charge in [0.1, 0.15) is 0 Å². The van der Waals surface area contributed by atoms with Crippen LogP contribution in [0.1, 0.15) is 66.1 Å². The maximum atomic E-state index is 14.1. The van der Waals surface area contributed by atoms with Gasteiger partial charge in [0.25, 0.3) is 0 Å². The van der Waals surface area contributed by atoms with Crippen molar-refractivity contribution in [3.63, 3.8) is 0 Å². The third-order valence-corrected chi connectivity index (χ3v) is 8.72. The standard InChI is InChI=1S/C30H38F3N3O4/c1-19-15-22(17-23(16-19)30(31,32)33)21(3)34(4)28(40)36-12-11-35-25(26(36)24-8-6-5-7-20(24)2)18-29(9-13-37,10-14-38)27(35)39/h5-8,15-17,21,25-26,37-38H,9-14,18H2,1-4H3/t21-,25-,26?/m0/s1. The Morgan fingerprint density at radius 1 is 1.10 bits per heavy atom. The van der Waals surface area contributed by atoms with Crippen molar-refractivity contribution in [1.82, 2.24) is 14.7 Å². The number of benzene rings is 2. The summed E-state index contributed by atoms with van der Waals surface area (Å²) in [5.41, 5.74) is 1.01. The van der Waals surface area contributed by atoms with Gasteiger partial charge in [-0.2, -0.15) is 13.2 Å². The highest BCUT2D eigenvalue weighted by Gasteiger charge is 2.56. The molecule has 2 aromatic rings. The molecule has 7 nitrogen and oxygen atoms in total. The van der Waals surface area contributed by atoms with Crippen LogP contribution in [0.3, 0.4) is 0 Å². The molecule has 0 saturated carbocycles. The van der Waals surface area contributed by atoms with Gasteiger partial charge in [-0.3, -0.25) is 4.79 Å². The number of piperazine rings is 1. The van der Waals surface area contributed by atoms with Gasteiger partial charge in [-0.25, -0.2) is 4.79 Å². The molecule has 1 unspecified atom stereocenters. The number of aliphatic hydroxyl groups is 2. The minimum atomic E-state index is -4.50. The summed E-state index contributed by atoms with van der Waals surface area (Å²) < 4.78 is 40.5. The van der Waals surface area contributed by atoms with E-state index < -0.39 is 29.2 Å². The lowest BCUT2D eigenvalue weighted by molar-refractivity contribution is -0.140. The number of hydrogen-bond acceptors (Lipinski definition) is 4. The number of rotatable bonds is 7. The molecule has 2 aromatic carbocycles. The van der Waals surface area contributed by atoms with Crippen LogP contribution in [0.4, 0.5) is 18.0 Å². The summed E-state index contributed by atoms with van der Waals surface area (Å²) in [4.78, 5) is 32.7. The van der Waals surface area contributed by atoms with Crippen molar-refractivity contribution in [2.45, 2.75) is 64.3 Å². The van der Waals surface area contributed by atoms with Crippen LogP contribution >= 0.6 is 0 Å². The lowest BCUT2D eigenvalue weighted by Crippen LogP contribution is -2.57. The van der Waals surface area contributed by atoms with Crippen LogP contribution < -0.4 is 0 Å². The number of hydrogen-bond donors (Lipinski definition) is 2. The molecule has 2 aliphatic heterocycles. The predicted octanol–water partition coefficient (Wildman–Crippen LogP) is 4.84. The Labute approximate surface area is 233 Å². The number of aryl methyl sites for hydroxylation is 2. The molecule has 2 aliphatic rings. The SMILES string of the molecule is Cc1cc([C@H](C)N(C)C(=O)N2CCN3C(=O)C(CCO)(CCO)C[C@H]3C2c2ccccc2C)cc(C(F)(F)F)c1. The van der Waals surface area contributed by atoms with Crippen LogP contribution in [0.25, 0.3) is 0 Å². The molecule has 2 heterocycles. The number of halogens is 3. The summed E-state index contributed by atoms with van der Waals surface area (Å²) in [7, 11) is 1.59. The van der Waals surface area contributed by atoms with E-state index in [9.17, 15) is 33.0 Å². The van der Waals surface area contributed by atoms with E-state index in [0.717, 1.165) is 23.3 Å². The zero-order valence-corrected chi connectivity index (χ0v) is 23.4. The highest BCUT2D eigenvalue weighted by atomic mass is 19.4. The minimum Gasteiger partial charge on any atom is -0.396 e. The fourth-order valence-electron chi connectivity index (χ4n) is 6.45. The van der Waals surface area contributed by atoms with E-state index in [1.54, 1.807) is 36.8 Å². The fraction of sp³-hybridized carbons (Fsp3) is 0.533. The summed E-state index contributed by atoms with van der Waals surface area (Å²) >= 11 is 0. The minimum absolute atomic E-state index is 0.118. The van der Waals surface area contributed by atoms with Crippen molar-refractivity contribution in [2.24, 2.45) is 5.41 Å². The Morgan fingerprint density at radius 3 is 2.35 bits per heavy atom. The van der Waals surface area contributed by atoms with Crippen LogP contribution in [0, 0.1) is 19.3 Å². The quantitative estimate of drug-likeness (QED) is 0.507. The lowest BCUT2D eigenvalue weighted by Gasteiger charge is -2.47. The molecule has 2 fully saturated rings. The number of urea groups is 1. The number of fused-ring (bicyclic) bond motifs is 1. The van der Waals surface area contributed by atoms with E-state index in [0.29, 0.717) is 24.1 Å². The summed E-state index contributed by atoms with van der Waals surface area (Å²) in [6.07, 6.45) is -3.68. The molecule has 218 valence electrons. The van der Waals surface area contributed by atoms with Gasteiger partial charge < -0.3 is 24.9 Å². The lowest BCUT2D eigenvalue weighted by atomic mass is 9.77. The summed E-state index contributed by atoms with van der Waals surface area (Å²) in [6, 6.07) is 9.65. The highest BCUT2D eigenvalue weighted by Crippen LogP contribution is 2.49. The molecule has 0 aromatic heterocycles. The number of alkyl halides is 3. The Balaban J connectivity index is 1.71. The number of amides is 3. The van der Waals surface area contributed by atoms with Crippen molar-refractivity contribution in [3.8, 4) is 0 Å². The molecule has 0 aliphatic carbocycles. The Bertz CT molecular complexity index is 1240. The average Bonchev–Trinajstić information content (AvgIpc) is 3.18. The average molecular weight is 562 g/mol. The number of nitrogens with zero attached hydrogens (tertiary/aromatic N) is 3. The molecule has 2 N–H and O–H groups in total. The molecule has 0 bridgehead atoms. The molecule has 3 atom stereocenters. The topological polar surface area (TPSA) is 84.3 Å². The van der Waals surface area contributed by atoms with Gasteiger partial charge in [0.2, 0.25) is 5.91 Å². The monoisotopic (exact) mass is 561 g/mol. The summed E-state index contributed by atoms with van der Waals surface area (Å²) in [6.45, 7) is 5.40. The van der Waals surface area contributed by atoms with E-state index in [2.05, 4.69) is 0 Å². The van der Waals surface area contributed by atoms with Crippen molar-refractivity contribution < 1.29 is 33.0 Å². The van der Waals surface area contributed by atoms with E-state index in [1.807, 2.05) is 31.2 Å². The van der Waals surface area contributed by atoms with Crippen molar-refractivity contribution >= 4 is 11.9 Å². The first kappa shape index (κ1) is 29.9. The van der Waals surface area contributed by atoms with Gasteiger partial charge in [-0.1, -0.05) is 35.9 Å². The van der Waals surface area contributed by atoms with Crippen molar-refractivity contribution in [1.29, 1.82) is 0 Å². The van der Waals surface area contributed by atoms with Crippen LogP contribution in [0.5, 0.6) is 0 Å². The second-order valence-electron chi connectivity index (χ2n) is 11.2. The third kappa shape index (κ3) is 5.43. The first-order chi connectivity index (χ1) is 18.8. The first-order valence-corrected chi connectivity index (χ1v) is 13.6. The predicted molar refractivity (Wildman–Crippen MR) is 144 cm³/mol. The normalized spacial score (nSPS) is 21.4. The Kier molecular flexibility index (Phi) is 8.52. The van der Waals surface area contributed by atoms with Gasteiger partial charge in [0.05, 0.1) is 29.1 Å². The highest BCUT2D eigenvalue weighted by molar-refractivity contribution is 5.86. The number of carbonyl (C=O) groups is 2. The zero-order chi connectivity index (χ0) is 29.4. The van der Waals surface area contributed by atoms with Crippen LogP contribution in [0.15, 0.2) is 42.5 Å². The third-order valence-electron chi connectivity index (χ3n) is 8.72. The summed E-state index contributed by atoms with van der Waals surface area (Å²) in [5.74, 6) is -0.118. The molecule has 0 spiro atoms. The van der Waals surface area contributed by atoms with Crippen molar-refractivity contribution in [3.05, 3.63) is 70.3 Å². The molecule has 40 heavy (non-hydrogen) atoms. The molecule has 4 rings (SSSR count). The second-order valence-corrected chi connectivity index (χ2v) is 11.2. The first-order valence-electron chi connectivity index (χ1n) is 13.6. The molecule has 2 saturated heterocycles.